The second-order valence-corrected chi connectivity index (χ2v) is 8.54. The highest BCUT2D eigenvalue weighted by molar-refractivity contribution is 7.89. The van der Waals surface area contributed by atoms with Gasteiger partial charge in [-0.15, -0.1) is 0 Å². The lowest BCUT2D eigenvalue weighted by Gasteiger charge is -2.26. The predicted octanol–water partition coefficient (Wildman–Crippen LogP) is 2.31. The number of ether oxygens (including phenoxy) is 2. The lowest BCUT2D eigenvalue weighted by Crippen LogP contribution is -2.40. The summed E-state index contributed by atoms with van der Waals surface area (Å²) in [6.45, 7) is 1.36. The summed E-state index contributed by atoms with van der Waals surface area (Å²) in [5.41, 5.74) is 0.159. The van der Waals surface area contributed by atoms with Crippen molar-refractivity contribution in [2.45, 2.75) is 4.90 Å². The number of nitrogens with one attached hydrogen (secondary N) is 1. The Morgan fingerprint density at radius 1 is 1.21 bits per heavy atom. The quantitative estimate of drug-likeness (QED) is 0.665. The Balaban J connectivity index is 1.63. The van der Waals surface area contributed by atoms with E-state index in [-0.39, 0.29) is 41.7 Å². The second-order valence-electron chi connectivity index (χ2n) is 6.22. The van der Waals surface area contributed by atoms with Crippen molar-refractivity contribution >= 4 is 27.5 Å². The zero-order chi connectivity index (χ0) is 20.9. The van der Waals surface area contributed by atoms with E-state index < -0.39 is 21.7 Å². The molecule has 0 radical (unpaired) electrons. The molecular formula is C19H20ClFN2O5S. The summed E-state index contributed by atoms with van der Waals surface area (Å²) in [4.78, 5) is 12.3. The van der Waals surface area contributed by atoms with E-state index in [2.05, 4.69) is 5.32 Å². The van der Waals surface area contributed by atoms with Gasteiger partial charge in [0.2, 0.25) is 10.0 Å². The highest BCUT2D eigenvalue weighted by Gasteiger charge is 2.29. The molecule has 0 unspecified atom stereocenters. The zero-order valence-corrected chi connectivity index (χ0v) is 17.0. The monoisotopic (exact) mass is 442 g/mol. The maximum absolute atomic E-state index is 13.1. The summed E-state index contributed by atoms with van der Waals surface area (Å²) < 4.78 is 50.6. The number of amides is 1. The van der Waals surface area contributed by atoms with Gasteiger partial charge in [0, 0.05) is 24.7 Å². The summed E-state index contributed by atoms with van der Waals surface area (Å²) in [5, 5.41) is 2.68. The molecule has 1 aliphatic rings. The molecule has 1 aliphatic heterocycles. The topological polar surface area (TPSA) is 84.9 Å². The van der Waals surface area contributed by atoms with E-state index in [0.29, 0.717) is 19.0 Å². The third kappa shape index (κ3) is 5.45. The van der Waals surface area contributed by atoms with E-state index in [4.69, 9.17) is 21.1 Å². The van der Waals surface area contributed by atoms with E-state index in [1.165, 1.54) is 40.7 Å². The first kappa shape index (κ1) is 21.5. The van der Waals surface area contributed by atoms with Crippen molar-refractivity contribution in [3.8, 4) is 5.75 Å². The largest absolute Gasteiger partial charge is 0.492 e. The maximum atomic E-state index is 13.1. The third-order valence-corrected chi connectivity index (χ3v) is 6.61. The van der Waals surface area contributed by atoms with Gasteiger partial charge >= 0.3 is 0 Å². The Morgan fingerprint density at radius 3 is 2.69 bits per heavy atom. The van der Waals surface area contributed by atoms with Crippen LogP contribution < -0.4 is 10.1 Å². The first-order valence-corrected chi connectivity index (χ1v) is 10.7. The predicted molar refractivity (Wildman–Crippen MR) is 105 cm³/mol. The molecule has 10 heteroatoms. The molecule has 156 valence electrons. The normalized spacial score (nSPS) is 15.1. The minimum absolute atomic E-state index is 0.0440. The molecule has 0 aromatic heterocycles. The molecule has 7 nitrogen and oxygen atoms in total. The van der Waals surface area contributed by atoms with Crippen LogP contribution in [0.2, 0.25) is 5.02 Å². The molecule has 1 fully saturated rings. The third-order valence-electron chi connectivity index (χ3n) is 4.23. The molecule has 0 bridgehead atoms. The van der Waals surface area contributed by atoms with Crippen LogP contribution in [0.5, 0.6) is 5.75 Å². The van der Waals surface area contributed by atoms with Crippen molar-refractivity contribution in [1.82, 2.24) is 9.62 Å². The van der Waals surface area contributed by atoms with Gasteiger partial charge in [-0.3, -0.25) is 4.79 Å². The van der Waals surface area contributed by atoms with E-state index in [1.54, 1.807) is 6.07 Å². The van der Waals surface area contributed by atoms with Crippen LogP contribution in [0.3, 0.4) is 0 Å². The van der Waals surface area contributed by atoms with Crippen LogP contribution in [0.4, 0.5) is 4.39 Å². The van der Waals surface area contributed by atoms with Gasteiger partial charge < -0.3 is 14.8 Å². The summed E-state index contributed by atoms with van der Waals surface area (Å²) in [6, 6.07) is 9.76. The number of morpholine rings is 1. The van der Waals surface area contributed by atoms with Crippen molar-refractivity contribution in [2.75, 3.05) is 39.5 Å². The minimum atomic E-state index is -3.83. The Bertz CT molecular complexity index is 980. The van der Waals surface area contributed by atoms with Crippen molar-refractivity contribution in [1.29, 1.82) is 0 Å². The number of nitrogens with zero attached hydrogens (tertiary/aromatic N) is 1. The Labute approximate surface area is 173 Å². The molecule has 2 aromatic rings. The summed E-state index contributed by atoms with van der Waals surface area (Å²) in [5.74, 6) is -0.533. The average Bonchev–Trinajstić information content (AvgIpc) is 2.72. The fourth-order valence-corrected chi connectivity index (χ4v) is 4.67. The highest BCUT2D eigenvalue weighted by atomic mass is 35.5. The number of carbonyl (C=O) groups excluding carboxylic acids is 1. The molecule has 29 heavy (non-hydrogen) atoms. The van der Waals surface area contributed by atoms with Crippen LogP contribution in [0.15, 0.2) is 47.4 Å². The number of hydrogen-bond donors (Lipinski definition) is 1. The molecule has 1 amide bonds. The van der Waals surface area contributed by atoms with Gasteiger partial charge in [0.15, 0.2) is 0 Å². The van der Waals surface area contributed by atoms with Crippen LogP contribution in [0.25, 0.3) is 0 Å². The fourth-order valence-electron chi connectivity index (χ4n) is 2.76. The molecule has 3 rings (SSSR count). The SMILES string of the molecule is O=C(NCCOc1cccc(F)c1)c1ccc(Cl)c(S(=O)(=O)N2CCOCC2)c1. The van der Waals surface area contributed by atoms with Gasteiger partial charge in [0.25, 0.3) is 5.91 Å². The first-order chi connectivity index (χ1) is 13.9. The molecule has 0 saturated carbocycles. The summed E-state index contributed by atoms with van der Waals surface area (Å²) in [7, 11) is -3.83. The van der Waals surface area contributed by atoms with Gasteiger partial charge in [0.05, 0.1) is 24.8 Å². The number of hydrogen-bond acceptors (Lipinski definition) is 5. The number of halogens is 2. The highest BCUT2D eigenvalue weighted by Crippen LogP contribution is 2.26. The molecule has 1 saturated heterocycles. The summed E-state index contributed by atoms with van der Waals surface area (Å²) >= 11 is 6.09. The molecule has 1 heterocycles. The van der Waals surface area contributed by atoms with Gasteiger partial charge in [-0.2, -0.15) is 4.31 Å². The molecule has 2 aromatic carbocycles. The number of rotatable bonds is 7. The standard InChI is InChI=1S/C19H20ClFN2O5S/c20-17-5-4-14(12-18(17)29(25,26)23-7-10-27-11-8-23)19(24)22-6-9-28-16-3-1-2-15(21)13-16/h1-5,12-13H,6-11H2,(H,22,24). The van der Waals surface area contributed by atoms with Crippen molar-refractivity contribution < 1.29 is 27.1 Å². The van der Waals surface area contributed by atoms with Crippen molar-refractivity contribution in [2.24, 2.45) is 0 Å². The van der Waals surface area contributed by atoms with Crippen LogP contribution in [-0.2, 0) is 14.8 Å². The second kappa shape index (κ2) is 9.53. The minimum Gasteiger partial charge on any atom is -0.492 e. The van der Waals surface area contributed by atoms with Gasteiger partial charge in [-0.25, -0.2) is 12.8 Å². The average molecular weight is 443 g/mol. The molecule has 0 aliphatic carbocycles. The Kier molecular flexibility index (Phi) is 7.07. The molecule has 0 spiro atoms. The van der Waals surface area contributed by atoms with E-state index in [0.717, 1.165) is 0 Å². The molecular weight excluding hydrogens is 423 g/mol. The van der Waals surface area contributed by atoms with Crippen LogP contribution >= 0.6 is 11.6 Å². The zero-order valence-electron chi connectivity index (χ0n) is 15.4. The van der Waals surface area contributed by atoms with Gasteiger partial charge in [-0.1, -0.05) is 17.7 Å². The van der Waals surface area contributed by atoms with Crippen molar-refractivity contribution in [3.05, 3.63) is 58.9 Å². The first-order valence-electron chi connectivity index (χ1n) is 8.92. The van der Waals surface area contributed by atoms with E-state index in [9.17, 15) is 17.6 Å². The Hall–Kier alpha value is -2.20. The lowest BCUT2D eigenvalue weighted by molar-refractivity contribution is 0.0730. The lowest BCUT2D eigenvalue weighted by atomic mass is 10.2. The van der Waals surface area contributed by atoms with Crippen molar-refractivity contribution in [3.63, 3.8) is 0 Å². The molecule has 0 atom stereocenters. The Morgan fingerprint density at radius 2 is 1.97 bits per heavy atom. The van der Waals surface area contributed by atoms with Crippen LogP contribution in [-0.4, -0.2) is 58.1 Å². The van der Waals surface area contributed by atoms with E-state index in [1.807, 2.05) is 0 Å². The number of benzene rings is 2. The van der Waals surface area contributed by atoms with Gasteiger partial charge in [0.1, 0.15) is 23.1 Å². The van der Waals surface area contributed by atoms with Crippen LogP contribution in [0, 0.1) is 5.82 Å². The number of carbonyl (C=O) groups is 1. The smallest absolute Gasteiger partial charge is 0.251 e. The maximum Gasteiger partial charge on any atom is 0.251 e. The van der Waals surface area contributed by atoms with Gasteiger partial charge in [-0.05, 0) is 30.3 Å². The fraction of sp³-hybridized carbons (Fsp3) is 0.316. The molecule has 1 N–H and O–H groups in total. The van der Waals surface area contributed by atoms with Crippen LogP contribution in [0.1, 0.15) is 10.4 Å². The van der Waals surface area contributed by atoms with E-state index >= 15 is 0 Å². The number of sulfonamides is 1. The summed E-state index contributed by atoms with van der Waals surface area (Å²) in [6.07, 6.45) is 0.